The number of carbonyl (C=O) groups excluding carboxylic acids is 1. The number of nitrogens with two attached hydrogens (primary N) is 1. The van der Waals surface area contributed by atoms with Crippen molar-refractivity contribution in [3.63, 3.8) is 0 Å². The molecule has 4 atom stereocenters. The van der Waals surface area contributed by atoms with Crippen LogP contribution in [0.2, 0.25) is 0 Å². The topological polar surface area (TPSA) is 102 Å². The van der Waals surface area contributed by atoms with E-state index < -0.39 is 23.0 Å². The van der Waals surface area contributed by atoms with Gasteiger partial charge in [-0.15, -0.1) is 0 Å². The fourth-order valence-corrected chi connectivity index (χ4v) is 3.62. The Balaban J connectivity index is 2.18. The third-order valence-corrected chi connectivity index (χ3v) is 5.05. The molecule has 0 aromatic rings. The Hall–Kier alpha value is -1.14. The molecule has 2 aliphatic rings. The van der Waals surface area contributed by atoms with E-state index >= 15 is 0 Å². The molecule has 6 heteroatoms. The third kappa shape index (κ3) is 1.85. The van der Waals surface area contributed by atoms with Gasteiger partial charge in [-0.2, -0.15) is 0 Å². The Labute approximate surface area is 119 Å². The van der Waals surface area contributed by atoms with Crippen molar-refractivity contribution in [3.8, 4) is 0 Å². The molecule has 6 nitrogen and oxygen atoms in total. The number of carboxylic acids is 1. The zero-order valence-corrected chi connectivity index (χ0v) is 12.5. The number of carbonyl (C=O) groups is 2. The first-order chi connectivity index (χ1) is 9.14. The number of ether oxygens (including phenoxy) is 1. The van der Waals surface area contributed by atoms with Gasteiger partial charge in [0.15, 0.2) is 0 Å². The van der Waals surface area contributed by atoms with Crippen LogP contribution in [0.5, 0.6) is 0 Å². The van der Waals surface area contributed by atoms with E-state index in [0.29, 0.717) is 6.61 Å². The first-order valence-electron chi connectivity index (χ1n) is 7.08. The van der Waals surface area contributed by atoms with Gasteiger partial charge < -0.3 is 20.9 Å². The van der Waals surface area contributed by atoms with E-state index in [1.165, 1.54) is 0 Å². The highest BCUT2D eigenvalue weighted by atomic mass is 16.5. The van der Waals surface area contributed by atoms with Crippen LogP contribution in [0.4, 0.5) is 0 Å². The van der Waals surface area contributed by atoms with Crippen molar-refractivity contribution in [2.45, 2.75) is 51.8 Å². The SMILES string of the molecule is CC(C)[C@H](NC(=O)C1(N)C2CCOC2C1(C)C)C(=O)O. The minimum Gasteiger partial charge on any atom is -0.480 e. The van der Waals surface area contributed by atoms with Crippen LogP contribution < -0.4 is 11.1 Å². The van der Waals surface area contributed by atoms with Gasteiger partial charge in [0.1, 0.15) is 11.6 Å². The number of hydrogen-bond acceptors (Lipinski definition) is 4. The summed E-state index contributed by atoms with van der Waals surface area (Å²) in [5.41, 5.74) is 4.83. The van der Waals surface area contributed by atoms with Crippen LogP contribution in [-0.2, 0) is 14.3 Å². The molecule has 1 aliphatic heterocycles. The van der Waals surface area contributed by atoms with Crippen molar-refractivity contribution in [3.05, 3.63) is 0 Å². The molecule has 4 N–H and O–H groups in total. The van der Waals surface area contributed by atoms with Gasteiger partial charge in [-0.3, -0.25) is 4.79 Å². The molecule has 2 rings (SSSR count). The molecule has 0 bridgehead atoms. The summed E-state index contributed by atoms with van der Waals surface area (Å²) >= 11 is 0. The van der Waals surface area contributed by atoms with E-state index in [4.69, 9.17) is 10.5 Å². The maximum absolute atomic E-state index is 12.6. The maximum atomic E-state index is 12.6. The van der Waals surface area contributed by atoms with E-state index in [-0.39, 0.29) is 23.8 Å². The van der Waals surface area contributed by atoms with E-state index in [9.17, 15) is 14.7 Å². The number of aliphatic carboxylic acids is 1. The molecule has 20 heavy (non-hydrogen) atoms. The minimum absolute atomic E-state index is 0.0134. The first-order valence-corrected chi connectivity index (χ1v) is 7.08. The predicted molar refractivity (Wildman–Crippen MR) is 73.0 cm³/mol. The second-order valence-electron chi connectivity index (χ2n) is 6.81. The molecule has 3 unspecified atom stereocenters. The monoisotopic (exact) mass is 284 g/mol. The third-order valence-electron chi connectivity index (χ3n) is 5.05. The Morgan fingerprint density at radius 2 is 2.00 bits per heavy atom. The maximum Gasteiger partial charge on any atom is 0.326 e. The van der Waals surface area contributed by atoms with Crippen LogP contribution in [0.15, 0.2) is 0 Å². The first kappa shape index (κ1) is 15.3. The fourth-order valence-electron chi connectivity index (χ4n) is 3.62. The molecule has 1 saturated heterocycles. The Morgan fingerprint density at radius 3 is 2.50 bits per heavy atom. The lowest BCUT2D eigenvalue weighted by atomic mass is 9.48. The van der Waals surface area contributed by atoms with Crippen molar-refractivity contribution >= 4 is 11.9 Å². The summed E-state index contributed by atoms with van der Waals surface area (Å²) in [6, 6.07) is -0.917. The normalized spacial score (nSPS) is 36.1. The van der Waals surface area contributed by atoms with Crippen LogP contribution in [0.1, 0.15) is 34.1 Å². The Bertz CT molecular complexity index is 435. The molecule has 1 saturated carbocycles. The second kappa shape index (κ2) is 4.70. The molecule has 0 radical (unpaired) electrons. The summed E-state index contributed by atoms with van der Waals surface area (Å²) in [7, 11) is 0. The predicted octanol–water partition coefficient (Wildman–Crippen LogP) is 0.354. The van der Waals surface area contributed by atoms with Gasteiger partial charge >= 0.3 is 5.97 Å². The van der Waals surface area contributed by atoms with Crippen molar-refractivity contribution in [2.75, 3.05) is 6.61 Å². The van der Waals surface area contributed by atoms with Gasteiger partial charge in [0.25, 0.3) is 0 Å². The van der Waals surface area contributed by atoms with Crippen molar-refractivity contribution in [2.24, 2.45) is 23.0 Å². The molecule has 2 fully saturated rings. The molecule has 0 aromatic carbocycles. The van der Waals surface area contributed by atoms with Crippen LogP contribution in [0.3, 0.4) is 0 Å². The molecular weight excluding hydrogens is 260 g/mol. The van der Waals surface area contributed by atoms with E-state index in [0.717, 1.165) is 6.42 Å². The van der Waals surface area contributed by atoms with Crippen molar-refractivity contribution in [1.82, 2.24) is 5.32 Å². The lowest BCUT2D eigenvalue weighted by Gasteiger charge is -2.60. The number of fused-ring (bicyclic) bond motifs is 1. The van der Waals surface area contributed by atoms with Crippen molar-refractivity contribution in [1.29, 1.82) is 0 Å². The van der Waals surface area contributed by atoms with Gasteiger partial charge in [-0.1, -0.05) is 27.7 Å². The van der Waals surface area contributed by atoms with Crippen molar-refractivity contribution < 1.29 is 19.4 Å². The minimum atomic E-state index is -1.06. The van der Waals surface area contributed by atoms with Crippen LogP contribution in [0, 0.1) is 17.3 Å². The zero-order chi connectivity index (χ0) is 15.3. The summed E-state index contributed by atoms with van der Waals surface area (Å²) < 4.78 is 5.64. The van der Waals surface area contributed by atoms with Gasteiger partial charge in [-0.05, 0) is 12.3 Å². The van der Waals surface area contributed by atoms with E-state index in [2.05, 4.69) is 5.32 Å². The largest absolute Gasteiger partial charge is 0.480 e. The number of nitrogens with one attached hydrogen (secondary N) is 1. The van der Waals surface area contributed by atoms with Gasteiger partial charge in [0, 0.05) is 17.9 Å². The highest BCUT2D eigenvalue weighted by Crippen LogP contribution is 2.58. The lowest BCUT2D eigenvalue weighted by Crippen LogP contribution is -2.80. The average Bonchev–Trinajstić information content (AvgIpc) is 2.81. The number of carboxylic acid groups (broad SMARTS) is 1. The molecule has 1 aliphatic carbocycles. The van der Waals surface area contributed by atoms with E-state index in [1.54, 1.807) is 13.8 Å². The Morgan fingerprint density at radius 1 is 1.40 bits per heavy atom. The summed E-state index contributed by atoms with van der Waals surface area (Å²) in [6.45, 7) is 7.94. The average molecular weight is 284 g/mol. The molecular formula is C14H24N2O4. The highest BCUT2D eigenvalue weighted by Gasteiger charge is 2.71. The fraction of sp³-hybridized carbons (Fsp3) is 0.857. The number of amides is 1. The summed E-state index contributed by atoms with van der Waals surface area (Å²) in [5.74, 6) is -1.64. The standard InChI is InChI=1S/C14H24N2O4/c1-7(2)9(11(17)18)16-12(19)14(15)8-5-6-20-10(8)13(14,3)4/h7-10H,5-6,15H2,1-4H3,(H,16,19)(H,17,18)/t8?,9-,10?,14?/m0/s1. The molecule has 0 aromatic heterocycles. The summed E-state index contributed by atoms with van der Waals surface area (Å²) in [6.07, 6.45) is 0.734. The molecule has 1 amide bonds. The van der Waals surface area contributed by atoms with Crippen LogP contribution >= 0.6 is 0 Å². The quantitative estimate of drug-likeness (QED) is 0.691. The molecule has 1 heterocycles. The zero-order valence-electron chi connectivity index (χ0n) is 12.5. The summed E-state index contributed by atoms with van der Waals surface area (Å²) in [4.78, 5) is 23.8. The van der Waals surface area contributed by atoms with Gasteiger partial charge in [-0.25, -0.2) is 4.79 Å². The van der Waals surface area contributed by atoms with Crippen LogP contribution in [-0.4, -0.2) is 41.3 Å². The second-order valence-corrected chi connectivity index (χ2v) is 6.81. The van der Waals surface area contributed by atoms with Gasteiger partial charge in [0.05, 0.1) is 6.10 Å². The van der Waals surface area contributed by atoms with E-state index in [1.807, 2.05) is 13.8 Å². The van der Waals surface area contributed by atoms with Gasteiger partial charge in [0.2, 0.25) is 5.91 Å². The Kier molecular flexibility index (Phi) is 3.59. The molecule has 114 valence electrons. The molecule has 0 spiro atoms. The highest BCUT2D eigenvalue weighted by molar-refractivity contribution is 5.92. The number of rotatable bonds is 4. The number of hydrogen-bond donors (Lipinski definition) is 3. The summed E-state index contributed by atoms with van der Waals surface area (Å²) in [5, 5.41) is 11.8. The van der Waals surface area contributed by atoms with Crippen LogP contribution in [0.25, 0.3) is 0 Å². The lowest BCUT2D eigenvalue weighted by molar-refractivity contribution is -0.177. The smallest absolute Gasteiger partial charge is 0.326 e.